The van der Waals surface area contributed by atoms with Gasteiger partial charge in [0.25, 0.3) is 0 Å². The SMILES string of the molecule is COCc1nc(N(C)Cc2ccc(C)cc2)sc1C=O. The van der Waals surface area contributed by atoms with Crippen LogP contribution in [-0.2, 0) is 17.9 Å². The molecule has 106 valence electrons. The summed E-state index contributed by atoms with van der Waals surface area (Å²) in [6.45, 7) is 3.20. The molecule has 1 aromatic heterocycles. The third kappa shape index (κ3) is 3.43. The second kappa shape index (κ2) is 6.63. The average Bonchev–Trinajstić information content (AvgIpc) is 2.85. The van der Waals surface area contributed by atoms with Crippen molar-refractivity contribution in [3.8, 4) is 0 Å². The summed E-state index contributed by atoms with van der Waals surface area (Å²) in [5.41, 5.74) is 3.17. The molecule has 0 unspecified atom stereocenters. The molecule has 0 saturated heterocycles. The van der Waals surface area contributed by atoms with Gasteiger partial charge < -0.3 is 9.64 Å². The zero-order valence-electron chi connectivity index (χ0n) is 11.9. The van der Waals surface area contributed by atoms with Gasteiger partial charge in [-0.25, -0.2) is 4.98 Å². The standard InChI is InChI=1S/C15H18N2O2S/c1-11-4-6-12(7-5-11)8-17(2)15-16-13(10-19-3)14(9-18)20-15/h4-7,9H,8,10H2,1-3H3. The van der Waals surface area contributed by atoms with Gasteiger partial charge in [0.05, 0.1) is 17.2 Å². The van der Waals surface area contributed by atoms with Crippen LogP contribution >= 0.6 is 11.3 Å². The lowest BCUT2D eigenvalue weighted by Gasteiger charge is -2.15. The van der Waals surface area contributed by atoms with Gasteiger partial charge in [0.2, 0.25) is 0 Å². The molecule has 0 aliphatic rings. The van der Waals surface area contributed by atoms with E-state index in [-0.39, 0.29) is 0 Å². The van der Waals surface area contributed by atoms with Crippen molar-refractivity contribution < 1.29 is 9.53 Å². The molecule has 2 rings (SSSR count). The molecule has 0 N–H and O–H groups in total. The van der Waals surface area contributed by atoms with Crippen molar-refractivity contribution >= 4 is 22.8 Å². The van der Waals surface area contributed by atoms with Gasteiger partial charge in [-0.05, 0) is 12.5 Å². The first-order valence-electron chi connectivity index (χ1n) is 6.34. The molecule has 0 fully saturated rings. The number of aryl methyl sites for hydroxylation is 1. The van der Waals surface area contributed by atoms with E-state index in [2.05, 4.69) is 36.2 Å². The van der Waals surface area contributed by atoms with Crippen LogP contribution in [0.5, 0.6) is 0 Å². The van der Waals surface area contributed by atoms with Gasteiger partial charge in [0.1, 0.15) is 0 Å². The number of benzene rings is 1. The second-order valence-electron chi connectivity index (χ2n) is 4.70. The molecule has 0 aliphatic heterocycles. The molecular weight excluding hydrogens is 272 g/mol. The number of hydrogen-bond acceptors (Lipinski definition) is 5. The predicted octanol–water partition coefficient (Wildman–Crippen LogP) is 3.05. The zero-order valence-corrected chi connectivity index (χ0v) is 12.7. The summed E-state index contributed by atoms with van der Waals surface area (Å²) < 4.78 is 5.06. The van der Waals surface area contributed by atoms with Crippen molar-refractivity contribution in [1.29, 1.82) is 0 Å². The third-order valence-electron chi connectivity index (χ3n) is 2.97. The lowest BCUT2D eigenvalue weighted by Crippen LogP contribution is -2.16. The van der Waals surface area contributed by atoms with Crippen LogP contribution < -0.4 is 4.90 Å². The van der Waals surface area contributed by atoms with Crippen LogP contribution in [0.3, 0.4) is 0 Å². The Morgan fingerprint density at radius 2 is 2.05 bits per heavy atom. The van der Waals surface area contributed by atoms with Crippen LogP contribution in [0.4, 0.5) is 5.13 Å². The number of methoxy groups -OCH3 is 1. The minimum atomic E-state index is 0.364. The average molecular weight is 290 g/mol. The van der Waals surface area contributed by atoms with Crippen molar-refractivity contribution in [2.75, 3.05) is 19.1 Å². The molecule has 4 nitrogen and oxygen atoms in total. The first kappa shape index (κ1) is 14.7. The van der Waals surface area contributed by atoms with Gasteiger partial charge in [0.15, 0.2) is 11.4 Å². The van der Waals surface area contributed by atoms with E-state index in [1.807, 2.05) is 11.9 Å². The van der Waals surface area contributed by atoms with E-state index in [1.165, 1.54) is 22.5 Å². The number of ether oxygens (including phenoxy) is 1. The molecule has 1 heterocycles. The predicted molar refractivity (Wildman–Crippen MR) is 81.5 cm³/mol. The Balaban J connectivity index is 2.14. The number of carbonyl (C=O) groups is 1. The molecule has 2 aromatic rings. The molecule has 0 bridgehead atoms. The molecule has 0 radical (unpaired) electrons. The maximum atomic E-state index is 11.0. The van der Waals surface area contributed by atoms with E-state index in [0.29, 0.717) is 17.2 Å². The van der Waals surface area contributed by atoms with E-state index in [4.69, 9.17) is 4.74 Å². The van der Waals surface area contributed by atoms with Crippen molar-refractivity contribution in [3.63, 3.8) is 0 Å². The fourth-order valence-corrected chi connectivity index (χ4v) is 2.72. The number of rotatable bonds is 6. The maximum Gasteiger partial charge on any atom is 0.186 e. The largest absolute Gasteiger partial charge is 0.378 e. The Morgan fingerprint density at radius 1 is 1.35 bits per heavy atom. The van der Waals surface area contributed by atoms with E-state index in [1.54, 1.807) is 7.11 Å². The lowest BCUT2D eigenvalue weighted by atomic mass is 10.1. The first-order chi connectivity index (χ1) is 9.63. The highest BCUT2D eigenvalue weighted by atomic mass is 32.1. The molecule has 1 aromatic carbocycles. The maximum absolute atomic E-state index is 11.0. The summed E-state index contributed by atoms with van der Waals surface area (Å²) in [5, 5.41) is 0.833. The van der Waals surface area contributed by atoms with E-state index >= 15 is 0 Å². The summed E-state index contributed by atoms with van der Waals surface area (Å²) in [7, 11) is 3.58. The van der Waals surface area contributed by atoms with Gasteiger partial charge in [-0.15, -0.1) is 0 Å². The highest BCUT2D eigenvalue weighted by Gasteiger charge is 2.13. The van der Waals surface area contributed by atoms with Gasteiger partial charge in [0, 0.05) is 20.7 Å². The minimum absolute atomic E-state index is 0.364. The number of carbonyl (C=O) groups excluding carboxylic acids is 1. The minimum Gasteiger partial charge on any atom is -0.378 e. The summed E-state index contributed by atoms with van der Waals surface area (Å²) in [4.78, 5) is 18.2. The van der Waals surface area contributed by atoms with Gasteiger partial charge in [-0.2, -0.15) is 0 Å². The molecular formula is C15H18N2O2S. The number of nitrogens with zero attached hydrogens (tertiary/aromatic N) is 2. The summed E-state index contributed by atoms with van der Waals surface area (Å²) in [5.74, 6) is 0. The smallest absolute Gasteiger partial charge is 0.186 e. The number of aldehydes is 1. The van der Waals surface area contributed by atoms with Crippen LogP contribution in [-0.4, -0.2) is 25.4 Å². The van der Waals surface area contributed by atoms with Crippen LogP contribution in [0.2, 0.25) is 0 Å². The Bertz CT molecular complexity index is 578. The molecule has 5 heteroatoms. The monoisotopic (exact) mass is 290 g/mol. The Labute approximate surface area is 123 Å². The summed E-state index contributed by atoms with van der Waals surface area (Å²) in [6.07, 6.45) is 0.842. The third-order valence-corrected chi connectivity index (χ3v) is 4.11. The highest BCUT2D eigenvalue weighted by molar-refractivity contribution is 7.17. The van der Waals surface area contributed by atoms with Gasteiger partial charge >= 0.3 is 0 Å². The Hall–Kier alpha value is -1.72. The molecule has 0 saturated carbocycles. The fourth-order valence-electron chi connectivity index (χ4n) is 1.88. The van der Waals surface area contributed by atoms with Gasteiger partial charge in [-0.1, -0.05) is 41.2 Å². The first-order valence-corrected chi connectivity index (χ1v) is 7.16. The van der Waals surface area contributed by atoms with Crippen LogP contribution in [0.25, 0.3) is 0 Å². The molecule has 0 spiro atoms. The number of hydrogen-bond donors (Lipinski definition) is 0. The summed E-state index contributed by atoms with van der Waals surface area (Å²) in [6, 6.07) is 8.41. The van der Waals surface area contributed by atoms with E-state index in [9.17, 15) is 4.79 Å². The van der Waals surface area contributed by atoms with Crippen molar-refractivity contribution in [3.05, 3.63) is 46.0 Å². The van der Waals surface area contributed by atoms with Crippen LogP contribution in [0.1, 0.15) is 26.5 Å². The van der Waals surface area contributed by atoms with E-state index in [0.717, 1.165) is 18.0 Å². The number of aromatic nitrogens is 1. The second-order valence-corrected chi connectivity index (χ2v) is 5.71. The van der Waals surface area contributed by atoms with E-state index < -0.39 is 0 Å². The Kier molecular flexibility index (Phi) is 4.87. The summed E-state index contributed by atoms with van der Waals surface area (Å²) >= 11 is 1.40. The Morgan fingerprint density at radius 3 is 2.65 bits per heavy atom. The quantitative estimate of drug-likeness (QED) is 0.767. The highest BCUT2D eigenvalue weighted by Crippen LogP contribution is 2.26. The normalized spacial score (nSPS) is 10.6. The number of anilines is 1. The van der Waals surface area contributed by atoms with Crippen molar-refractivity contribution in [1.82, 2.24) is 4.98 Å². The van der Waals surface area contributed by atoms with Crippen molar-refractivity contribution in [2.45, 2.75) is 20.1 Å². The van der Waals surface area contributed by atoms with Crippen LogP contribution in [0, 0.1) is 6.92 Å². The zero-order chi connectivity index (χ0) is 14.5. The molecule has 0 aliphatic carbocycles. The van der Waals surface area contributed by atoms with Crippen LogP contribution in [0.15, 0.2) is 24.3 Å². The topological polar surface area (TPSA) is 42.4 Å². The van der Waals surface area contributed by atoms with Crippen molar-refractivity contribution in [2.24, 2.45) is 0 Å². The molecule has 20 heavy (non-hydrogen) atoms. The molecule has 0 atom stereocenters. The lowest BCUT2D eigenvalue weighted by molar-refractivity contribution is 0.112. The molecule has 0 amide bonds. The van der Waals surface area contributed by atoms with Gasteiger partial charge in [-0.3, -0.25) is 4.79 Å². The number of thiazole rings is 1. The fraction of sp³-hybridized carbons (Fsp3) is 0.333.